The Labute approximate surface area is 84.4 Å². The maximum absolute atomic E-state index is 9.94. The van der Waals surface area contributed by atoms with Gasteiger partial charge in [0.2, 0.25) is 0 Å². The number of aliphatic hydroxyl groups is 1. The van der Waals surface area contributed by atoms with Crippen LogP contribution in [0.1, 0.15) is 18.9 Å². The van der Waals surface area contributed by atoms with Crippen LogP contribution < -0.4 is 0 Å². The summed E-state index contributed by atoms with van der Waals surface area (Å²) in [7, 11) is 0. The van der Waals surface area contributed by atoms with Crippen molar-refractivity contribution in [2.45, 2.75) is 18.9 Å². The molecule has 0 aromatic heterocycles. The lowest BCUT2D eigenvalue weighted by Crippen LogP contribution is -2.34. The fourth-order valence-corrected chi connectivity index (χ4v) is 1.66. The summed E-state index contributed by atoms with van der Waals surface area (Å²) in [5.74, 6) is 0. The molecule has 1 N–H and O–H groups in total. The van der Waals surface area contributed by atoms with Crippen molar-refractivity contribution in [3.05, 3.63) is 54.1 Å². The molecule has 0 fully saturated rings. The van der Waals surface area contributed by atoms with E-state index in [1.165, 1.54) is 11.1 Å². The molecule has 1 aromatic rings. The van der Waals surface area contributed by atoms with Gasteiger partial charge >= 0.3 is 0 Å². The lowest BCUT2D eigenvalue weighted by atomic mass is 9.75. The molecule has 0 bridgehead atoms. The van der Waals surface area contributed by atoms with E-state index in [2.05, 4.69) is 18.7 Å². The summed E-state index contributed by atoms with van der Waals surface area (Å²) in [5, 5.41) is 9.94. The molecule has 0 spiro atoms. The molecule has 1 heteroatoms. The van der Waals surface area contributed by atoms with Crippen LogP contribution in [-0.4, -0.2) is 10.7 Å². The Morgan fingerprint density at radius 2 is 1.93 bits per heavy atom. The second-order valence-corrected chi connectivity index (χ2v) is 3.92. The van der Waals surface area contributed by atoms with E-state index in [1.807, 2.05) is 31.2 Å². The topological polar surface area (TPSA) is 20.2 Å². The Morgan fingerprint density at radius 3 is 2.43 bits per heavy atom. The molecule has 0 saturated carbocycles. The van der Waals surface area contributed by atoms with Gasteiger partial charge in [-0.1, -0.05) is 36.9 Å². The highest BCUT2D eigenvalue weighted by molar-refractivity contribution is 5.75. The maximum atomic E-state index is 9.94. The summed E-state index contributed by atoms with van der Waals surface area (Å²) < 4.78 is 0. The van der Waals surface area contributed by atoms with Gasteiger partial charge in [-0.15, -0.1) is 0 Å². The molecule has 72 valence electrons. The Morgan fingerprint density at radius 1 is 1.36 bits per heavy atom. The normalized spacial score (nSPS) is 25.1. The third kappa shape index (κ3) is 1.40. The van der Waals surface area contributed by atoms with E-state index in [-0.39, 0.29) is 0 Å². The zero-order valence-electron chi connectivity index (χ0n) is 8.33. The Hall–Kier alpha value is -1.34. The predicted octanol–water partition coefficient (Wildman–Crippen LogP) is 2.78. The lowest BCUT2D eigenvalue weighted by molar-refractivity contribution is 0.121. The summed E-state index contributed by atoms with van der Waals surface area (Å²) in [4.78, 5) is 0. The van der Waals surface area contributed by atoms with Crippen LogP contribution in [0.3, 0.4) is 0 Å². The van der Waals surface area contributed by atoms with Crippen molar-refractivity contribution in [2.24, 2.45) is 0 Å². The van der Waals surface area contributed by atoms with Crippen molar-refractivity contribution >= 4 is 5.57 Å². The summed E-state index contributed by atoms with van der Waals surface area (Å²) in [5.41, 5.74) is 2.46. The number of rotatable bonds is 2. The fraction of sp³-hybridized carbons (Fsp3) is 0.231. The first-order valence-corrected chi connectivity index (χ1v) is 4.77. The summed E-state index contributed by atoms with van der Waals surface area (Å²) in [6.45, 7) is 5.64. The predicted molar refractivity (Wildman–Crippen MR) is 58.8 cm³/mol. The lowest BCUT2D eigenvalue weighted by Gasteiger charge is -2.35. The molecule has 0 amide bonds. The highest BCUT2D eigenvalue weighted by Crippen LogP contribution is 2.40. The minimum atomic E-state index is -0.759. The van der Waals surface area contributed by atoms with Crippen LogP contribution >= 0.6 is 0 Å². The molecule has 1 unspecified atom stereocenters. The van der Waals surface area contributed by atoms with Gasteiger partial charge in [-0.3, -0.25) is 0 Å². The van der Waals surface area contributed by atoms with E-state index >= 15 is 0 Å². The van der Waals surface area contributed by atoms with Gasteiger partial charge in [0.1, 0.15) is 5.60 Å². The molecule has 1 aromatic carbocycles. The van der Waals surface area contributed by atoms with Gasteiger partial charge in [-0.2, -0.15) is 0 Å². The van der Waals surface area contributed by atoms with Crippen molar-refractivity contribution in [3.8, 4) is 0 Å². The van der Waals surface area contributed by atoms with Crippen LogP contribution in [0.15, 0.2) is 48.6 Å². The first-order valence-electron chi connectivity index (χ1n) is 4.77. The van der Waals surface area contributed by atoms with E-state index in [0.29, 0.717) is 6.42 Å². The highest BCUT2D eigenvalue weighted by atomic mass is 16.3. The van der Waals surface area contributed by atoms with Crippen LogP contribution in [0, 0.1) is 0 Å². The molecule has 0 heterocycles. The van der Waals surface area contributed by atoms with Gasteiger partial charge in [0.25, 0.3) is 0 Å². The minimum Gasteiger partial charge on any atom is -0.381 e. The fourth-order valence-electron chi connectivity index (χ4n) is 1.66. The average molecular weight is 186 g/mol. The van der Waals surface area contributed by atoms with E-state index in [1.54, 1.807) is 0 Å². The number of benzene rings is 1. The second kappa shape index (κ2) is 3.10. The van der Waals surface area contributed by atoms with Crippen LogP contribution in [-0.2, 0) is 0 Å². The highest BCUT2D eigenvalue weighted by Gasteiger charge is 2.35. The maximum Gasteiger partial charge on any atom is 0.108 e. The molecular formula is C13H14O. The van der Waals surface area contributed by atoms with E-state index in [0.717, 1.165) is 5.57 Å². The van der Waals surface area contributed by atoms with Crippen molar-refractivity contribution in [3.63, 3.8) is 0 Å². The van der Waals surface area contributed by atoms with Crippen LogP contribution in [0.4, 0.5) is 0 Å². The minimum absolute atomic E-state index is 0.687. The zero-order chi connectivity index (χ0) is 10.2. The Kier molecular flexibility index (Phi) is 2.05. The van der Waals surface area contributed by atoms with Gasteiger partial charge < -0.3 is 5.11 Å². The van der Waals surface area contributed by atoms with Gasteiger partial charge in [-0.25, -0.2) is 0 Å². The smallest absolute Gasteiger partial charge is 0.108 e. The van der Waals surface area contributed by atoms with E-state index in [9.17, 15) is 5.11 Å². The second-order valence-electron chi connectivity index (χ2n) is 3.92. The third-order valence-electron chi connectivity index (χ3n) is 2.76. The SMILES string of the molecule is C=C(C)C1(O)C=C(c2ccccc2)C1. The molecule has 0 radical (unpaired) electrons. The van der Waals surface area contributed by atoms with Crippen molar-refractivity contribution < 1.29 is 5.11 Å². The first-order chi connectivity index (χ1) is 6.62. The van der Waals surface area contributed by atoms with Crippen LogP contribution in [0.5, 0.6) is 0 Å². The molecule has 0 saturated heterocycles. The average Bonchev–Trinajstić information content (AvgIpc) is 2.14. The Balaban J connectivity index is 2.24. The van der Waals surface area contributed by atoms with Gasteiger partial charge in [0.05, 0.1) is 0 Å². The molecule has 1 nitrogen and oxygen atoms in total. The van der Waals surface area contributed by atoms with Gasteiger partial charge in [-0.05, 0) is 29.7 Å². The summed E-state index contributed by atoms with van der Waals surface area (Å²) in [6, 6.07) is 10.1. The van der Waals surface area contributed by atoms with E-state index < -0.39 is 5.60 Å². The van der Waals surface area contributed by atoms with Crippen molar-refractivity contribution in [2.75, 3.05) is 0 Å². The Bertz CT molecular complexity index is 389. The molecule has 1 atom stereocenters. The summed E-state index contributed by atoms with van der Waals surface area (Å²) in [6.07, 6.45) is 2.58. The molecule has 14 heavy (non-hydrogen) atoms. The zero-order valence-corrected chi connectivity index (χ0v) is 8.33. The van der Waals surface area contributed by atoms with Crippen molar-refractivity contribution in [1.29, 1.82) is 0 Å². The monoisotopic (exact) mass is 186 g/mol. The molecule has 1 aliphatic rings. The summed E-state index contributed by atoms with van der Waals surface area (Å²) >= 11 is 0. The van der Waals surface area contributed by atoms with Crippen molar-refractivity contribution in [1.82, 2.24) is 0 Å². The largest absolute Gasteiger partial charge is 0.381 e. The first kappa shape index (κ1) is 9.22. The molecule has 0 aliphatic heterocycles. The van der Waals surface area contributed by atoms with E-state index in [4.69, 9.17) is 0 Å². The van der Waals surface area contributed by atoms with Gasteiger partial charge in [0, 0.05) is 6.42 Å². The number of hydrogen-bond acceptors (Lipinski definition) is 1. The van der Waals surface area contributed by atoms with Crippen LogP contribution in [0.25, 0.3) is 5.57 Å². The third-order valence-corrected chi connectivity index (χ3v) is 2.76. The van der Waals surface area contributed by atoms with Gasteiger partial charge in [0.15, 0.2) is 0 Å². The number of hydrogen-bond donors (Lipinski definition) is 1. The molecule has 1 aliphatic carbocycles. The molecular weight excluding hydrogens is 172 g/mol. The quantitative estimate of drug-likeness (QED) is 0.704. The van der Waals surface area contributed by atoms with Crippen LogP contribution in [0.2, 0.25) is 0 Å². The standard InChI is InChI=1S/C13H14O/c1-10(2)13(14)8-12(9-13)11-6-4-3-5-7-11/h3-8,14H,1,9H2,2H3. The molecule has 2 rings (SSSR count).